The van der Waals surface area contributed by atoms with Gasteiger partial charge < -0.3 is 19.3 Å². The highest BCUT2D eigenvalue weighted by Gasteiger charge is 2.10. The highest BCUT2D eigenvalue weighted by Crippen LogP contribution is 2.27. The van der Waals surface area contributed by atoms with Crippen molar-refractivity contribution in [3.05, 3.63) is 58.7 Å². The molecule has 0 fully saturated rings. The topological polar surface area (TPSA) is 88.8 Å². The molecule has 0 unspecified atom stereocenters. The molecule has 1 N–H and O–H groups in total. The van der Waals surface area contributed by atoms with Crippen molar-refractivity contribution in [3.8, 4) is 23.3 Å². The summed E-state index contributed by atoms with van der Waals surface area (Å²) in [5, 5.41) is 18.0. The minimum absolute atomic E-state index is 0.246. The van der Waals surface area contributed by atoms with Crippen LogP contribution in [0.5, 0.6) is 17.2 Å². The maximum Gasteiger partial charge on any atom is 0.346 e. The fourth-order valence-electron chi connectivity index (χ4n) is 2.51. The van der Waals surface area contributed by atoms with Gasteiger partial charge in [0.15, 0.2) is 0 Å². The molecule has 0 bridgehead atoms. The number of nitrogens with zero attached hydrogens (tertiary/aromatic N) is 1. The molecule has 0 spiro atoms. The van der Waals surface area contributed by atoms with Gasteiger partial charge in [-0.15, -0.1) is 0 Å². The first kappa shape index (κ1) is 19.9. The van der Waals surface area contributed by atoms with Crippen molar-refractivity contribution in [1.82, 2.24) is 0 Å². The summed E-state index contributed by atoms with van der Waals surface area (Å²) in [7, 11) is 1.52. The van der Waals surface area contributed by atoms with Gasteiger partial charge in [0.25, 0.3) is 0 Å². The van der Waals surface area contributed by atoms with Crippen LogP contribution in [-0.4, -0.2) is 31.4 Å². The Kier molecular flexibility index (Phi) is 6.84. The molecule has 0 heterocycles. The largest absolute Gasteiger partial charge is 0.497 e. The summed E-state index contributed by atoms with van der Waals surface area (Å²) in [6.07, 6.45) is 1.27. The molecule has 0 amide bonds. The minimum Gasteiger partial charge on any atom is -0.497 e. The molecule has 0 aliphatic rings. The lowest BCUT2D eigenvalue weighted by atomic mass is 10.1. The number of carboxylic acid groups (broad SMARTS) is 1. The Morgan fingerprint density at radius 3 is 2.33 bits per heavy atom. The molecule has 0 aliphatic heterocycles. The minimum atomic E-state index is -1.29. The molecule has 0 aliphatic carbocycles. The maximum atomic E-state index is 11.1. The zero-order chi connectivity index (χ0) is 19.8. The number of rotatable bonds is 8. The van der Waals surface area contributed by atoms with Crippen LogP contribution in [0, 0.1) is 25.2 Å². The van der Waals surface area contributed by atoms with Crippen LogP contribution in [0.1, 0.15) is 16.7 Å². The third kappa shape index (κ3) is 5.79. The van der Waals surface area contributed by atoms with Crippen LogP contribution >= 0.6 is 0 Å². The van der Waals surface area contributed by atoms with Crippen molar-refractivity contribution in [1.29, 1.82) is 5.26 Å². The smallest absolute Gasteiger partial charge is 0.346 e. The maximum absolute atomic E-state index is 11.1. The van der Waals surface area contributed by atoms with Crippen LogP contribution < -0.4 is 14.2 Å². The number of carboxylic acids is 1. The first-order valence-electron chi connectivity index (χ1n) is 8.30. The number of aryl methyl sites for hydroxylation is 2. The van der Waals surface area contributed by atoms with Crippen molar-refractivity contribution in [3.63, 3.8) is 0 Å². The molecule has 0 aromatic heterocycles. The molecule has 0 saturated heterocycles. The first-order valence-corrected chi connectivity index (χ1v) is 8.30. The summed E-state index contributed by atoms with van der Waals surface area (Å²) in [5.41, 5.74) is 2.32. The van der Waals surface area contributed by atoms with Gasteiger partial charge in [0.2, 0.25) is 0 Å². The molecule has 0 atom stereocenters. The van der Waals surface area contributed by atoms with E-state index in [1.165, 1.54) is 13.2 Å². The van der Waals surface area contributed by atoms with E-state index in [9.17, 15) is 4.79 Å². The van der Waals surface area contributed by atoms with Crippen molar-refractivity contribution in [2.75, 3.05) is 20.3 Å². The molecule has 6 nitrogen and oxygen atoms in total. The summed E-state index contributed by atoms with van der Waals surface area (Å²) in [4.78, 5) is 11.1. The average molecular weight is 367 g/mol. The number of carbonyl (C=O) groups is 1. The zero-order valence-corrected chi connectivity index (χ0v) is 15.5. The van der Waals surface area contributed by atoms with Crippen LogP contribution in [-0.2, 0) is 4.79 Å². The summed E-state index contributed by atoms with van der Waals surface area (Å²) in [6, 6.07) is 12.5. The van der Waals surface area contributed by atoms with Crippen LogP contribution in [0.15, 0.2) is 42.0 Å². The van der Waals surface area contributed by atoms with Gasteiger partial charge >= 0.3 is 5.97 Å². The second kappa shape index (κ2) is 9.30. The van der Waals surface area contributed by atoms with Gasteiger partial charge in [-0.05, 0) is 55.3 Å². The van der Waals surface area contributed by atoms with Crippen LogP contribution in [0.4, 0.5) is 0 Å². The number of hydrogen-bond acceptors (Lipinski definition) is 5. The van der Waals surface area contributed by atoms with E-state index in [0.29, 0.717) is 23.7 Å². The van der Waals surface area contributed by atoms with Crippen LogP contribution in [0.2, 0.25) is 0 Å². The zero-order valence-electron chi connectivity index (χ0n) is 15.5. The predicted octanol–water partition coefficient (Wildman–Crippen LogP) is 3.76. The Balaban J connectivity index is 2.10. The third-order valence-corrected chi connectivity index (χ3v) is 3.68. The van der Waals surface area contributed by atoms with Gasteiger partial charge in [0, 0.05) is 11.6 Å². The van der Waals surface area contributed by atoms with Gasteiger partial charge in [0.1, 0.15) is 42.1 Å². The molecule has 2 aromatic rings. The van der Waals surface area contributed by atoms with Gasteiger partial charge in [0.05, 0.1) is 7.11 Å². The highest BCUT2D eigenvalue weighted by atomic mass is 16.5. The third-order valence-electron chi connectivity index (χ3n) is 3.68. The number of hydrogen-bond donors (Lipinski definition) is 1. The van der Waals surface area contributed by atoms with E-state index in [4.69, 9.17) is 24.6 Å². The van der Waals surface area contributed by atoms with Crippen molar-refractivity contribution in [2.24, 2.45) is 0 Å². The van der Waals surface area contributed by atoms with Crippen molar-refractivity contribution < 1.29 is 24.1 Å². The van der Waals surface area contributed by atoms with Crippen molar-refractivity contribution in [2.45, 2.75) is 13.8 Å². The van der Waals surface area contributed by atoms with Crippen LogP contribution in [0.25, 0.3) is 6.08 Å². The number of benzene rings is 2. The van der Waals surface area contributed by atoms with E-state index in [0.717, 1.165) is 16.9 Å². The number of aliphatic carboxylic acids is 1. The Labute approximate surface area is 158 Å². The molecule has 0 radical (unpaired) electrons. The monoisotopic (exact) mass is 367 g/mol. The Hall–Kier alpha value is -3.46. The van der Waals surface area contributed by atoms with E-state index in [1.54, 1.807) is 24.3 Å². The second-order valence-electron chi connectivity index (χ2n) is 5.90. The molecule has 2 aromatic carbocycles. The standard InChI is InChI=1S/C21H21NO5/c1-14-8-15(2)10-19(9-14)26-6-7-27-20-12-18(25-3)5-4-16(20)11-17(13-22)21(23)24/h4-5,8-12H,6-7H2,1-3H3,(H,23,24). The second-order valence-corrected chi connectivity index (χ2v) is 5.90. The highest BCUT2D eigenvalue weighted by molar-refractivity contribution is 5.96. The summed E-state index contributed by atoms with van der Waals surface area (Å²) in [6.45, 7) is 4.56. The molecule has 27 heavy (non-hydrogen) atoms. The SMILES string of the molecule is COc1ccc(C=C(C#N)C(=O)O)c(OCCOc2cc(C)cc(C)c2)c1. The lowest BCUT2D eigenvalue weighted by molar-refractivity contribution is -0.132. The van der Waals surface area contributed by atoms with E-state index >= 15 is 0 Å². The summed E-state index contributed by atoms with van der Waals surface area (Å²) >= 11 is 0. The predicted molar refractivity (Wildman–Crippen MR) is 101 cm³/mol. The fourth-order valence-corrected chi connectivity index (χ4v) is 2.51. The number of nitriles is 1. The Morgan fingerprint density at radius 1 is 1.07 bits per heavy atom. The lowest BCUT2D eigenvalue weighted by Crippen LogP contribution is -2.10. The van der Waals surface area contributed by atoms with E-state index in [2.05, 4.69) is 6.07 Å². The molecule has 140 valence electrons. The molecular formula is C21H21NO5. The average Bonchev–Trinajstić information content (AvgIpc) is 2.62. The van der Waals surface area contributed by atoms with Crippen LogP contribution in [0.3, 0.4) is 0 Å². The first-order chi connectivity index (χ1) is 12.9. The quantitative estimate of drug-likeness (QED) is 0.434. The summed E-state index contributed by atoms with van der Waals surface area (Å²) in [5.74, 6) is 0.440. The van der Waals surface area contributed by atoms with Gasteiger partial charge in [-0.2, -0.15) is 5.26 Å². The summed E-state index contributed by atoms with van der Waals surface area (Å²) < 4.78 is 16.6. The van der Waals surface area contributed by atoms with Gasteiger partial charge in [-0.1, -0.05) is 6.07 Å². The molecule has 0 saturated carbocycles. The number of methoxy groups -OCH3 is 1. The molecule has 2 rings (SSSR count). The Bertz CT molecular complexity index is 876. The fraction of sp³-hybridized carbons (Fsp3) is 0.238. The van der Waals surface area contributed by atoms with E-state index in [1.807, 2.05) is 26.0 Å². The van der Waals surface area contributed by atoms with Gasteiger partial charge in [-0.25, -0.2) is 4.79 Å². The number of ether oxygens (including phenoxy) is 3. The molecular weight excluding hydrogens is 346 g/mol. The Morgan fingerprint density at radius 2 is 1.74 bits per heavy atom. The lowest BCUT2D eigenvalue weighted by Gasteiger charge is -2.12. The molecule has 6 heteroatoms. The van der Waals surface area contributed by atoms with E-state index < -0.39 is 5.97 Å². The van der Waals surface area contributed by atoms with Crippen molar-refractivity contribution >= 4 is 12.0 Å². The normalized spacial score (nSPS) is 10.8. The van der Waals surface area contributed by atoms with E-state index in [-0.39, 0.29) is 12.2 Å². The van der Waals surface area contributed by atoms with Gasteiger partial charge in [-0.3, -0.25) is 0 Å².